The van der Waals surface area contributed by atoms with E-state index < -0.39 is 15.7 Å². The van der Waals surface area contributed by atoms with E-state index in [1.807, 2.05) is 0 Å². The topological polar surface area (TPSA) is 60.2 Å². The third kappa shape index (κ3) is 3.19. The van der Waals surface area contributed by atoms with Crippen molar-refractivity contribution in [3.8, 4) is 0 Å². The number of nitrogen functional groups attached to an aromatic ring is 1. The standard InChI is InChI=1S/C14H13BrFNO2S/c1-9-6-12(3-5-14(9)17)20(18,19)8-10-7-11(15)2-4-13(10)16/h2-7H,8,17H2,1H3. The van der Waals surface area contributed by atoms with E-state index >= 15 is 0 Å². The summed E-state index contributed by atoms with van der Waals surface area (Å²) in [5, 5.41) is 0. The van der Waals surface area contributed by atoms with Crippen molar-refractivity contribution in [3.05, 3.63) is 57.8 Å². The van der Waals surface area contributed by atoms with Crippen LogP contribution in [0, 0.1) is 12.7 Å². The number of sulfone groups is 1. The maximum Gasteiger partial charge on any atom is 0.182 e. The molecule has 0 aromatic heterocycles. The molecule has 2 rings (SSSR count). The summed E-state index contributed by atoms with van der Waals surface area (Å²) in [7, 11) is -3.61. The zero-order valence-corrected chi connectivity index (χ0v) is 13.1. The Morgan fingerprint density at radius 3 is 2.55 bits per heavy atom. The molecule has 0 amide bonds. The molecule has 0 saturated heterocycles. The fourth-order valence-corrected chi connectivity index (χ4v) is 3.62. The Hall–Kier alpha value is -1.40. The number of hydrogen-bond acceptors (Lipinski definition) is 3. The molecular weight excluding hydrogens is 345 g/mol. The Morgan fingerprint density at radius 1 is 1.20 bits per heavy atom. The Morgan fingerprint density at radius 2 is 1.90 bits per heavy atom. The Balaban J connectivity index is 2.40. The van der Waals surface area contributed by atoms with Gasteiger partial charge in [-0.25, -0.2) is 12.8 Å². The number of anilines is 1. The number of nitrogens with two attached hydrogens (primary N) is 1. The molecule has 106 valence electrons. The van der Waals surface area contributed by atoms with Crippen LogP contribution in [-0.2, 0) is 15.6 Å². The predicted molar refractivity (Wildman–Crippen MR) is 80.6 cm³/mol. The van der Waals surface area contributed by atoms with Crippen LogP contribution < -0.4 is 5.73 Å². The summed E-state index contributed by atoms with van der Waals surface area (Å²) in [4.78, 5) is 0.142. The predicted octanol–water partition coefficient (Wildman–Crippen LogP) is 3.45. The van der Waals surface area contributed by atoms with Crippen molar-refractivity contribution in [3.63, 3.8) is 0 Å². The molecular formula is C14H13BrFNO2S. The van der Waals surface area contributed by atoms with E-state index in [0.29, 0.717) is 15.7 Å². The van der Waals surface area contributed by atoms with Crippen LogP contribution >= 0.6 is 15.9 Å². The van der Waals surface area contributed by atoms with Gasteiger partial charge in [0.05, 0.1) is 10.6 Å². The minimum Gasteiger partial charge on any atom is -0.399 e. The lowest BCUT2D eigenvalue weighted by molar-refractivity contribution is 0.587. The third-order valence-electron chi connectivity index (χ3n) is 2.95. The van der Waals surface area contributed by atoms with Crippen molar-refractivity contribution in [2.45, 2.75) is 17.6 Å². The van der Waals surface area contributed by atoms with Crippen molar-refractivity contribution in [1.82, 2.24) is 0 Å². The van der Waals surface area contributed by atoms with Crippen LogP contribution in [0.1, 0.15) is 11.1 Å². The lowest BCUT2D eigenvalue weighted by atomic mass is 10.2. The van der Waals surface area contributed by atoms with Crippen LogP contribution in [0.4, 0.5) is 10.1 Å². The molecule has 0 aliphatic rings. The largest absolute Gasteiger partial charge is 0.399 e. The fourth-order valence-electron chi connectivity index (χ4n) is 1.78. The first-order valence-corrected chi connectivity index (χ1v) is 8.27. The van der Waals surface area contributed by atoms with Gasteiger partial charge >= 0.3 is 0 Å². The van der Waals surface area contributed by atoms with Crippen LogP contribution in [0.3, 0.4) is 0 Å². The number of halogens is 2. The highest BCUT2D eigenvalue weighted by Crippen LogP contribution is 2.23. The van der Waals surface area contributed by atoms with Gasteiger partial charge in [0.2, 0.25) is 0 Å². The van der Waals surface area contributed by atoms with Gasteiger partial charge in [0.1, 0.15) is 5.82 Å². The lowest BCUT2D eigenvalue weighted by Crippen LogP contribution is -2.07. The van der Waals surface area contributed by atoms with Crippen LogP contribution in [-0.4, -0.2) is 8.42 Å². The maximum atomic E-state index is 13.7. The zero-order chi connectivity index (χ0) is 14.9. The molecule has 2 aromatic carbocycles. The third-order valence-corrected chi connectivity index (χ3v) is 5.11. The zero-order valence-electron chi connectivity index (χ0n) is 10.7. The van der Waals surface area contributed by atoms with E-state index in [4.69, 9.17) is 5.73 Å². The van der Waals surface area contributed by atoms with E-state index in [1.165, 1.54) is 30.3 Å². The number of aryl methyl sites for hydroxylation is 1. The molecule has 0 heterocycles. The van der Waals surface area contributed by atoms with Crippen LogP contribution in [0.5, 0.6) is 0 Å². The highest BCUT2D eigenvalue weighted by atomic mass is 79.9. The summed E-state index contributed by atoms with van der Waals surface area (Å²) >= 11 is 3.20. The Kier molecular flexibility index (Phi) is 4.15. The van der Waals surface area contributed by atoms with E-state index in [-0.39, 0.29) is 16.2 Å². The minimum atomic E-state index is -3.61. The molecule has 0 fully saturated rings. The summed E-state index contributed by atoms with van der Waals surface area (Å²) in [6.45, 7) is 1.73. The van der Waals surface area contributed by atoms with E-state index in [9.17, 15) is 12.8 Å². The van der Waals surface area contributed by atoms with Crippen LogP contribution in [0.25, 0.3) is 0 Å². The van der Waals surface area contributed by atoms with Gasteiger partial charge in [0, 0.05) is 15.7 Å². The summed E-state index contributed by atoms with van der Waals surface area (Å²) in [6.07, 6.45) is 0. The smallest absolute Gasteiger partial charge is 0.182 e. The Labute approximate surface area is 125 Å². The molecule has 0 aliphatic carbocycles. The number of hydrogen-bond donors (Lipinski definition) is 1. The molecule has 0 atom stereocenters. The summed E-state index contributed by atoms with van der Waals surface area (Å²) in [5.74, 6) is -0.925. The van der Waals surface area contributed by atoms with Gasteiger partial charge in [-0.05, 0) is 48.9 Å². The highest BCUT2D eigenvalue weighted by molar-refractivity contribution is 9.10. The Bertz CT molecular complexity index is 760. The van der Waals surface area contributed by atoms with Crippen molar-refractivity contribution < 1.29 is 12.8 Å². The van der Waals surface area contributed by atoms with Crippen molar-refractivity contribution in [2.75, 3.05) is 5.73 Å². The molecule has 0 unspecified atom stereocenters. The summed E-state index contributed by atoms with van der Waals surface area (Å²) < 4.78 is 38.9. The molecule has 2 aromatic rings. The maximum absolute atomic E-state index is 13.7. The average molecular weight is 358 g/mol. The van der Waals surface area contributed by atoms with E-state index in [0.717, 1.165) is 0 Å². The molecule has 0 saturated carbocycles. The first kappa shape index (κ1) is 15.0. The van der Waals surface area contributed by atoms with E-state index in [1.54, 1.807) is 13.0 Å². The first-order chi connectivity index (χ1) is 9.29. The molecule has 0 aliphatic heterocycles. The molecule has 0 spiro atoms. The number of benzene rings is 2. The van der Waals surface area contributed by atoms with Gasteiger partial charge in [-0.15, -0.1) is 0 Å². The van der Waals surface area contributed by atoms with Gasteiger partial charge in [0.25, 0.3) is 0 Å². The van der Waals surface area contributed by atoms with Crippen molar-refractivity contribution in [1.29, 1.82) is 0 Å². The molecule has 0 bridgehead atoms. The van der Waals surface area contributed by atoms with E-state index in [2.05, 4.69) is 15.9 Å². The van der Waals surface area contributed by atoms with Gasteiger partial charge in [0.15, 0.2) is 9.84 Å². The van der Waals surface area contributed by atoms with Gasteiger partial charge < -0.3 is 5.73 Å². The highest BCUT2D eigenvalue weighted by Gasteiger charge is 2.18. The van der Waals surface area contributed by atoms with Gasteiger partial charge in [-0.1, -0.05) is 15.9 Å². The summed E-state index contributed by atoms with van der Waals surface area (Å²) in [5.41, 5.74) is 7.01. The SMILES string of the molecule is Cc1cc(S(=O)(=O)Cc2cc(Br)ccc2F)ccc1N. The van der Waals surface area contributed by atoms with Crippen LogP contribution in [0.15, 0.2) is 45.8 Å². The second-order valence-electron chi connectivity index (χ2n) is 4.51. The second-order valence-corrected chi connectivity index (χ2v) is 7.42. The first-order valence-electron chi connectivity index (χ1n) is 5.82. The summed E-state index contributed by atoms with van der Waals surface area (Å²) in [6, 6.07) is 8.71. The van der Waals surface area contributed by atoms with Crippen molar-refractivity contribution >= 4 is 31.5 Å². The lowest BCUT2D eigenvalue weighted by Gasteiger charge is -2.08. The normalized spacial score (nSPS) is 11.6. The van der Waals surface area contributed by atoms with Crippen molar-refractivity contribution in [2.24, 2.45) is 0 Å². The monoisotopic (exact) mass is 357 g/mol. The van der Waals surface area contributed by atoms with Crippen LogP contribution in [0.2, 0.25) is 0 Å². The molecule has 2 N–H and O–H groups in total. The minimum absolute atomic E-state index is 0.133. The fraction of sp³-hybridized carbons (Fsp3) is 0.143. The molecule has 3 nitrogen and oxygen atoms in total. The average Bonchev–Trinajstić information content (AvgIpc) is 2.36. The number of rotatable bonds is 3. The van der Waals surface area contributed by atoms with Gasteiger partial charge in [-0.3, -0.25) is 0 Å². The molecule has 0 radical (unpaired) electrons. The molecule has 20 heavy (non-hydrogen) atoms. The van der Waals surface area contributed by atoms with Gasteiger partial charge in [-0.2, -0.15) is 0 Å². The quantitative estimate of drug-likeness (QED) is 0.855. The second kappa shape index (κ2) is 5.54. The molecule has 6 heteroatoms.